The van der Waals surface area contributed by atoms with E-state index in [0.717, 1.165) is 11.3 Å². The standard InChI is InChI=1S/C7H8N2O2/c10-7(11)4-1-5-3-8-9-6(5)2-4/h3-4H,1-2H2,(H,8,9)(H,10,11)/t4-/m0/s1. The molecule has 0 amide bonds. The number of fused-ring (bicyclic) bond motifs is 1. The lowest BCUT2D eigenvalue weighted by Gasteiger charge is -1.98. The van der Waals surface area contributed by atoms with E-state index >= 15 is 0 Å². The molecule has 1 aliphatic rings. The van der Waals surface area contributed by atoms with E-state index in [1.54, 1.807) is 6.20 Å². The Morgan fingerprint density at radius 2 is 2.55 bits per heavy atom. The second kappa shape index (κ2) is 2.08. The normalized spacial score (nSPS) is 21.6. The van der Waals surface area contributed by atoms with Gasteiger partial charge in [-0.2, -0.15) is 5.10 Å². The first-order valence-corrected chi connectivity index (χ1v) is 3.51. The van der Waals surface area contributed by atoms with Crippen LogP contribution in [-0.2, 0) is 17.6 Å². The van der Waals surface area contributed by atoms with E-state index in [-0.39, 0.29) is 5.92 Å². The number of carboxylic acid groups (broad SMARTS) is 1. The van der Waals surface area contributed by atoms with Crippen LogP contribution < -0.4 is 0 Å². The van der Waals surface area contributed by atoms with Gasteiger partial charge in [-0.3, -0.25) is 9.89 Å². The van der Waals surface area contributed by atoms with Crippen molar-refractivity contribution in [3.63, 3.8) is 0 Å². The molecule has 0 saturated heterocycles. The molecule has 1 aromatic rings. The number of nitrogens with zero attached hydrogens (tertiary/aromatic N) is 1. The Kier molecular flexibility index (Phi) is 1.21. The quantitative estimate of drug-likeness (QED) is 0.604. The maximum absolute atomic E-state index is 10.5. The Labute approximate surface area is 63.2 Å². The van der Waals surface area contributed by atoms with Gasteiger partial charge in [0.05, 0.1) is 12.1 Å². The van der Waals surface area contributed by atoms with E-state index in [1.807, 2.05) is 0 Å². The molecule has 0 bridgehead atoms. The summed E-state index contributed by atoms with van der Waals surface area (Å²) in [5.41, 5.74) is 2.04. The lowest BCUT2D eigenvalue weighted by atomic mass is 10.1. The number of carbonyl (C=O) groups is 1. The van der Waals surface area contributed by atoms with Gasteiger partial charge in [-0.05, 0) is 12.0 Å². The predicted octanol–water partition coefficient (Wildman–Crippen LogP) is 0.209. The van der Waals surface area contributed by atoms with E-state index in [1.165, 1.54) is 0 Å². The zero-order valence-corrected chi connectivity index (χ0v) is 5.87. The monoisotopic (exact) mass is 152 g/mol. The van der Waals surface area contributed by atoms with Crippen LogP contribution in [0.1, 0.15) is 11.3 Å². The Bertz CT molecular complexity index is 272. The van der Waals surface area contributed by atoms with Crippen LogP contribution >= 0.6 is 0 Å². The molecular formula is C7H8N2O2. The van der Waals surface area contributed by atoms with Crippen LogP contribution in [-0.4, -0.2) is 21.3 Å². The molecule has 0 spiro atoms. The van der Waals surface area contributed by atoms with E-state index in [9.17, 15) is 4.79 Å². The molecule has 58 valence electrons. The van der Waals surface area contributed by atoms with Crippen LogP contribution in [0, 0.1) is 5.92 Å². The van der Waals surface area contributed by atoms with Crippen molar-refractivity contribution in [3.05, 3.63) is 17.5 Å². The number of rotatable bonds is 1. The number of aromatic amines is 1. The summed E-state index contributed by atoms with van der Waals surface area (Å²) in [6.07, 6.45) is 2.93. The van der Waals surface area contributed by atoms with Crippen LogP contribution in [0.15, 0.2) is 6.20 Å². The fraction of sp³-hybridized carbons (Fsp3) is 0.429. The van der Waals surface area contributed by atoms with Gasteiger partial charge in [0, 0.05) is 12.1 Å². The first-order valence-electron chi connectivity index (χ1n) is 3.51. The Hall–Kier alpha value is -1.32. The number of H-pyrrole nitrogens is 1. The molecule has 11 heavy (non-hydrogen) atoms. The van der Waals surface area contributed by atoms with Crippen molar-refractivity contribution in [2.75, 3.05) is 0 Å². The van der Waals surface area contributed by atoms with Crippen LogP contribution in [0.3, 0.4) is 0 Å². The number of nitrogens with one attached hydrogen (secondary N) is 1. The molecule has 2 N–H and O–H groups in total. The number of hydrogen-bond acceptors (Lipinski definition) is 2. The van der Waals surface area contributed by atoms with Gasteiger partial charge < -0.3 is 5.11 Å². The zero-order chi connectivity index (χ0) is 7.84. The summed E-state index contributed by atoms with van der Waals surface area (Å²) in [6, 6.07) is 0. The van der Waals surface area contributed by atoms with E-state index < -0.39 is 5.97 Å². The Morgan fingerprint density at radius 3 is 3.18 bits per heavy atom. The van der Waals surface area contributed by atoms with Crippen LogP contribution in [0.5, 0.6) is 0 Å². The maximum atomic E-state index is 10.5. The van der Waals surface area contributed by atoms with E-state index in [4.69, 9.17) is 5.11 Å². The minimum Gasteiger partial charge on any atom is -0.481 e. The average molecular weight is 152 g/mol. The summed E-state index contributed by atoms with van der Waals surface area (Å²) < 4.78 is 0. The van der Waals surface area contributed by atoms with Gasteiger partial charge in [-0.25, -0.2) is 0 Å². The van der Waals surface area contributed by atoms with Crippen molar-refractivity contribution in [2.45, 2.75) is 12.8 Å². The van der Waals surface area contributed by atoms with Crippen molar-refractivity contribution < 1.29 is 9.90 Å². The summed E-state index contributed by atoms with van der Waals surface area (Å²) >= 11 is 0. The van der Waals surface area contributed by atoms with Crippen LogP contribution in [0.25, 0.3) is 0 Å². The van der Waals surface area contributed by atoms with Crippen LogP contribution in [0.2, 0.25) is 0 Å². The fourth-order valence-corrected chi connectivity index (χ4v) is 1.45. The molecule has 1 aromatic heterocycles. The summed E-state index contributed by atoms with van der Waals surface area (Å²) in [7, 11) is 0. The highest BCUT2D eigenvalue weighted by Gasteiger charge is 2.28. The second-order valence-corrected chi connectivity index (χ2v) is 2.82. The molecular weight excluding hydrogens is 144 g/mol. The number of aliphatic carboxylic acids is 1. The third kappa shape index (κ3) is 0.906. The van der Waals surface area contributed by atoms with Crippen molar-refractivity contribution in [3.8, 4) is 0 Å². The smallest absolute Gasteiger partial charge is 0.307 e. The third-order valence-electron chi connectivity index (χ3n) is 2.07. The van der Waals surface area contributed by atoms with Gasteiger partial charge in [0.25, 0.3) is 0 Å². The zero-order valence-electron chi connectivity index (χ0n) is 5.87. The van der Waals surface area contributed by atoms with Gasteiger partial charge in [-0.15, -0.1) is 0 Å². The van der Waals surface area contributed by atoms with E-state index in [0.29, 0.717) is 12.8 Å². The van der Waals surface area contributed by atoms with Gasteiger partial charge in [0.15, 0.2) is 0 Å². The maximum Gasteiger partial charge on any atom is 0.307 e. The number of carboxylic acids is 1. The lowest BCUT2D eigenvalue weighted by Crippen LogP contribution is -2.13. The highest BCUT2D eigenvalue weighted by molar-refractivity contribution is 5.71. The van der Waals surface area contributed by atoms with Crippen molar-refractivity contribution in [1.29, 1.82) is 0 Å². The first kappa shape index (κ1) is 6.39. The SMILES string of the molecule is O=C(O)[C@H]1Cc2cn[nH]c2C1. The molecule has 1 aliphatic carbocycles. The molecule has 4 nitrogen and oxygen atoms in total. The van der Waals surface area contributed by atoms with Crippen LogP contribution in [0.4, 0.5) is 0 Å². The third-order valence-corrected chi connectivity index (χ3v) is 2.07. The molecule has 1 atom stereocenters. The summed E-state index contributed by atoms with van der Waals surface area (Å²) in [4.78, 5) is 10.5. The highest BCUT2D eigenvalue weighted by Crippen LogP contribution is 2.24. The van der Waals surface area contributed by atoms with Gasteiger partial charge in [0.2, 0.25) is 0 Å². The fourth-order valence-electron chi connectivity index (χ4n) is 1.45. The Balaban J connectivity index is 2.22. The molecule has 0 fully saturated rings. The topological polar surface area (TPSA) is 66.0 Å². The predicted molar refractivity (Wildman–Crippen MR) is 37.1 cm³/mol. The second-order valence-electron chi connectivity index (χ2n) is 2.82. The summed E-state index contributed by atoms with van der Waals surface area (Å²) in [5.74, 6) is -0.950. The Morgan fingerprint density at radius 1 is 1.73 bits per heavy atom. The lowest BCUT2D eigenvalue weighted by molar-refractivity contribution is -0.141. The molecule has 0 radical (unpaired) electrons. The van der Waals surface area contributed by atoms with E-state index in [2.05, 4.69) is 10.2 Å². The minimum atomic E-state index is -0.713. The average Bonchev–Trinajstić information content (AvgIpc) is 2.40. The molecule has 2 rings (SSSR count). The highest BCUT2D eigenvalue weighted by atomic mass is 16.4. The summed E-state index contributed by atoms with van der Waals surface area (Å²) in [6.45, 7) is 0. The largest absolute Gasteiger partial charge is 0.481 e. The molecule has 0 aliphatic heterocycles. The van der Waals surface area contributed by atoms with Gasteiger partial charge in [-0.1, -0.05) is 0 Å². The van der Waals surface area contributed by atoms with Crippen molar-refractivity contribution in [2.24, 2.45) is 5.92 Å². The number of aromatic nitrogens is 2. The van der Waals surface area contributed by atoms with Gasteiger partial charge in [0.1, 0.15) is 0 Å². The number of hydrogen-bond donors (Lipinski definition) is 2. The van der Waals surface area contributed by atoms with Crippen molar-refractivity contribution >= 4 is 5.97 Å². The molecule has 4 heteroatoms. The molecule has 0 unspecified atom stereocenters. The summed E-state index contributed by atoms with van der Waals surface area (Å²) in [5, 5.41) is 15.3. The first-order chi connectivity index (χ1) is 5.27. The minimum absolute atomic E-state index is 0.237. The van der Waals surface area contributed by atoms with Gasteiger partial charge >= 0.3 is 5.97 Å². The molecule has 1 heterocycles. The molecule has 0 aromatic carbocycles. The molecule has 0 saturated carbocycles. The van der Waals surface area contributed by atoms with Crippen molar-refractivity contribution in [1.82, 2.24) is 10.2 Å².